The van der Waals surface area contributed by atoms with Crippen molar-refractivity contribution in [3.05, 3.63) is 56.3 Å². The van der Waals surface area contributed by atoms with Gasteiger partial charge >= 0.3 is 0 Å². The number of ether oxygens (including phenoxy) is 1. The molecule has 1 aromatic heterocycles. The van der Waals surface area contributed by atoms with Gasteiger partial charge in [0.2, 0.25) is 0 Å². The largest absolute Gasteiger partial charge is 0.483 e. The molecule has 0 atom stereocenters. The molecule has 0 spiro atoms. The van der Waals surface area contributed by atoms with Crippen molar-refractivity contribution in [2.45, 2.75) is 0 Å². The van der Waals surface area contributed by atoms with Crippen LogP contribution in [0.2, 0.25) is 0 Å². The maximum Gasteiger partial charge on any atom is 0.200 e. The number of Topliss-reactive ketones (excluding diaryl/α,β-unsaturated/α-hetero) is 1. The lowest BCUT2D eigenvalue weighted by Gasteiger charge is -2.06. The molecule has 0 amide bonds. The van der Waals surface area contributed by atoms with Crippen molar-refractivity contribution in [2.24, 2.45) is 0 Å². The Morgan fingerprint density at radius 3 is 2.89 bits per heavy atom. The summed E-state index contributed by atoms with van der Waals surface area (Å²) >= 11 is 5.41. The highest BCUT2D eigenvalue weighted by Gasteiger charge is 2.08. The molecule has 0 aliphatic heterocycles. The smallest absolute Gasteiger partial charge is 0.200 e. The van der Waals surface area contributed by atoms with Gasteiger partial charge in [0, 0.05) is 16.2 Å². The summed E-state index contributed by atoms with van der Waals surface area (Å²) in [7, 11) is 0. The number of benzene rings is 1. The number of hydrogen-bond acceptors (Lipinski definition) is 3. The Balaban J connectivity index is 2.03. The van der Waals surface area contributed by atoms with E-state index in [0.717, 1.165) is 8.17 Å². The Kier molecular flexibility index (Phi) is 4.71. The average Bonchev–Trinajstić information content (AvgIpc) is 2.37. The van der Waals surface area contributed by atoms with Gasteiger partial charge in [-0.2, -0.15) is 0 Å². The van der Waals surface area contributed by atoms with Crippen LogP contribution in [-0.4, -0.2) is 17.4 Å². The Labute approximate surface area is 127 Å². The number of halogens is 2. The van der Waals surface area contributed by atoms with E-state index < -0.39 is 0 Å². The first kappa shape index (κ1) is 13.5. The van der Waals surface area contributed by atoms with Gasteiger partial charge in [-0.1, -0.05) is 28.1 Å². The van der Waals surface area contributed by atoms with Crippen LogP contribution in [0.4, 0.5) is 0 Å². The topological polar surface area (TPSA) is 39.2 Å². The quantitative estimate of drug-likeness (QED) is 0.432. The predicted molar refractivity (Wildman–Crippen MR) is 80.9 cm³/mol. The fourth-order valence-corrected chi connectivity index (χ4v) is 2.26. The summed E-state index contributed by atoms with van der Waals surface area (Å²) in [6.07, 6.45) is 1.69. The standard InChI is InChI=1S/C13H9BrINO2/c14-10-4-1-3-9(7-10)11(17)8-18-12-5-2-6-16-13(12)15/h1-7H,8H2. The van der Waals surface area contributed by atoms with Gasteiger partial charge in [-0.3, -0.25) is 4.79 Å². The molecule has 1 heterocycles. The van der Waals surface area contributed by atoms with Gasteiger partial charge in [0.15, 0.2) is 18.1 Å². The zero-order valence-electron chi connectivity index (χ0n) is 9.27. The number of hydrogen-bond donors (Lipinski definition) is 0. The lowest BCUT2D eigenvalue weighted by Crippen LogP contribution is -2.12. The molecule has 0 fully saturated rings. The van der Waals surface area contributed by atoms with Gasteiger partial charge in [0.25, 0.3) is 0 Å². The van der Waals surface area contributed by atoms with E-state index in [2.05, 4.69) is 43.5 Å². The lowest BCUT2D eigenvalue weighted by atomic mass is 10.1. The van der Waals surface area contributed by atoms with E-state index in [0.29, 0.717) is 11.3 Å². The van der Waals surface area contributed by atoms with Gasteiger partial charge in [-0.05, 0) is 46.9 Å². The van der Waals surface area contributed by atoms with Gasteiger partial charge in [-0.15, -0.1) is 0 Å². The summed E-state index contributed by atoms with van der Waals surface area (Å²) in [5, 5.41) is 0. The van der Waals surface area contributed by atoms with Crippen LogP contribution < -0.4 is 4.74 Å². The molecule has 0 bridgehead atoms. The van der Waals surface area contributed by atoms with Crippen LogP contribution in [0.1, 0.15) is 10.4 Å². The van der Waals surface area contributed by atoms with Crippen molar-refractivity contribution in [3.63, 3.8) is 0 Å². The molecule has 2 rings (SSSR count). The maximum absolute atomic E-state index is 11.9. The zero-order valence-corrected chi connectivity index (χ0v) is 13.0. The van der Waals surface area contributed by atoms with E-state index >= 15 is 0 Å². The van der Waals surface area contributed by atoms with Crippen molar-refractivity contribution in [1.29, 1.82) is 0 Å². The number of carbonyl (C=O) groups excluding carboxylic acids is 1. The number of pyridine rings is 1. The van der Waals surface area contributed by atoms with Crippen LogP contribution in [0, 0.1) is 3.70 Å². The second-order valence-electron chi connectivity index (χ2n) is 3.51. The first-order chi connectivity index (χ1) is 8.66. The van der Waals surface area contributed by atoms with Gasteiger partial charge < -0.3 is 4.74 Å². The molecule has 1 aromatic carbocycles. The van der Waals surface area contributed by atoms with E-state index in [-0.39, 0.29) is 12.4 Å². The Morgan fingerprint density at radius 1 is 1.33 bits per heavy atom. The molecule has 0 aliphatic rings. The predicted octanol–water partition coefficient (Wildman–Crippen LogP) is 3.71. The Bertz CT molecular complexity index is 574. The highest BCUT2D eigenvalue weighted by atomic mass is 127. The van der Waals surface area contributed by atoms with Crippen molar-refractivity contribution in [2.75, 3.05) is 6.61 Å². The second kappa shape index (κ2) is 6.29. The van der Waals surface area contributed by atoms with E-state index in [1.807, 2.05) is 12.1 Å². The van der Waals surface area contributed by atoms with Crippen molar-refractivity contribution in [3.8, 4) is 5.75 Å². The molecular formula is C13H9BrINO2. The van der Waals surface area contributed by atoms with E-state index in [4.69, 9.17) is 4.74 Å². The molecule has 18 heavy (non-hydrogen) atoms. The van der Waals surface area contributed by atoms with E-state index in [1.165, 1.54) is 0 Å². The molecule has 0 saturated carbocycles. The minimum atomic E-state index is -0.0593. The fourth-order valence-electron chi connectivity index (χ4n) is 1.37. The molecular weight excluding hydrogens is 409 g/mol. The summed E-state index contributed by atoms with van der Waals surface area (Å²) < 4.78 is 7.08. The third kappa shape index (κ3) is 3.52. The summed E-state index contributed by atoms with van der Waals surface area (Å²) in [5.41, 5.74) is 0.628. The molecule has 2 aromatic rings. The molecule has 92 valence electrons. The zero-order chi connectivity index (χ0) is 13.0. The molecule has 0 aliphatic carbocycles. The molecule has 0 saturated heterocycles. The molecule has 0 unspecified atom stereocenters. The molecule has 5 heteroatoms. The van der Waals surface area contributed by atoms with Crippen molar-refractivity contribution < 1.29 is 9.53 Å². The minimum absolute atomic E-state index is 0.0121. The summed E-state index contributed by atoms with van der Waals surface area (Å²) in [4.78, 5) is 16.0. The number of rotatable bonds is 4. The van der Waals surface area contributed by atoms with Crippen LogP contribution >= 0.6 is 38.5 Å². The van der Waals surface area contributed by atoms with Crippen molar-refractivity contribution in [1.82, 2.24) is 4.98 Å². The number of nitrogens with zero attached hydrogens (tertiary/aromatic N) is 1. The first-order valence-electron chi connectivity index (χ1n) is 5.19. The normalized spacial score (nSPS) is 10.1. The first-order valence-corrected chi connectivity index (χ1v) is 7.06. The van der Waals surface area contributed by atoms with Crippen LogP contribution in [0.3, 0.4) is 0 Å². The number of ketones is 1. The fraction of sp³-hybridized carbons (Fsp3) is 0.0769. The van der Waals surface area contributed by atoms with E-state index in [1.54, 1.807) is 30.5 Å². The molecule has 0 radical (unpaired) electrons. The minimum Gasteiger partial charge on any atom is -0.483 e. The second-order valence-corrected chi connectivity index (χ2v) is 5.45. The summed E-state index contributed by atoms with van der Waals surface area (Å²) in [6.45, 7) is 0.0121. The van der Waals surface area contributed by atoms with Crippen LogP contribution in [0.5, 0.6) is 5.75 Å². The highest BCUT2D eigenvalue weighted by molar-refractivity contribution is 14.1. The molecule has 3 nitrogen and oxygen atoms in total. The maximum atomic E-state index is 11.9. The molecule has 0 N–H and O–H groups in total. The average molecular weight is 418 g/mol. The third-order valence-corrected chi connectivity index (χ3v) is 3.53. The van der Waals surface area contributed by atoms with Gasteiger partial charge in [0.1, 0.15) is 3.70 Å². The van der Waals surface area contributed by atoms with Crippen molar-refractivity contribution >= 4 is 44.3 Å². The van der Waals surface area contributed by atoms with Crippen LogP contribution in [0.25, 0.3) is 0 Å². The number of carbonyl (C=O) groups is 1. The lowest BCUT2D eigenvalue weighted by molar-refractivity contribution is 0.0920. The third-order valence-electron chi connectivity index (χ3n) is 2.23. The van der Waals surface area contributed by atoms with Gasteiger partial charge in [-0.25, -0.2) is 4.98 Å². The highest BCUT2D eigenvalue weighted by Crippen LogP contribution is 2.18. The number of aromatic nitrogens is 1. The monoisotopic (exact) mass is 417 g/mol. The van der Waals surface area contributed by atoms with Crippen LogP contribution in [0.15, 0.2) is 47.1 Å². The van der Waals surface area contributed by atoms with Gasteiger partial charge in [0.05, 0.1) is 0 Å². The summed E-state index contributed by atoms with van der Waals surface area (Å²) in [5.74, 6) is 0.567. The Hall–Kier alpha value is -0.950. The summed E-state index contributed by atoms with van der Waals surface area (Å²) in [6, 6.07) is 10.8. The van der Waals surface area contributed by atoms with Crippen LogP contribution in [-0.2, 0) is 0 Å². The Morgan fingerprint density at radius 2 is 2.17 bits per heavy atom. The SMILES string of the molecule is O=C(COc1cccnc1I)c1cccc(Br)c1. The van der Waals surface area contributed by atoms with E-state index in [9.17, 15) is 4.79 Å².